The highest BCUT2D eigenvalue weighted by molar-refractivity contribution is 7.93. The molecule has 6 heteroatoms. The summed E-state index contributed by atoms with van der Waals surface area (Å²) in [6.45, 7) is 1.95. The van der Waals surface area contributed by atoms with Crippen molar-refractivity contribution in [1.29, 1.82) is 0 Å². The first-order valence-corrected chi connectivity index (χ1v) is 11.5. The Morgan fingerprint density at radius 3 is 2.67 bits per heavy atom. The highest BCUT2D eigenvalue weighted by atomic mass is 32.2. The number of nitrogens with one attached hydrogen (secondary N) is 2. The molecule has 0 aliphatic carbocycles. The lowest BCUT2D eigenvalue weighted by atomic mass is 9.99. The zero-order chi connectivity index (χ0) is 20.7. The summed E-state index contributed by atoms with van der Waals surface area (Å²) in [6, 6.07) is 18.5. The number of fused-ring (bicyclic) bond motifs is 2. The molecule has 1 aromatic heterocycles. The monoisotopic (exact) mass is 417 g/mol. The van der Waals surface area contributed by atoms with Gasteiger partial charge in [0.05, 0.1) is 4.90 Å². The number of rotatable bonds is 4. The minimum Gasteiger partial charge on any atom is -0.361 e. The van der Waals surface area contributed by atoms with Gasteiger partial charge < -0.3 is 9.88 Å². The van der Waals surface area contributed by atoms with E-state index in [-0.39, 0.29) is 4.90 Å². The SMILES string of the molecule is CN1CC=C(c2c[nH]c3ccc(NS(=O)(=O)c4cccc5ccccc45)cc23)CC1. The second kappa shape index (κ2) is 7.31. The first kappa shape index (κ1) is 18.9. The van der Waals surface area contributed by atoms with Crippen LogP contribution in [0, 0.1) is 0 Å². The van der Waals surface area contributed by atoms with Gasteiger partial charge >= 0.3 is 0 Å². The zero-order valence-corrected chi connectivity index (χ0v) is 17.5. The van der Waals surface area contributed by atoms with Gasteiger partial charge in [-0.05, 0) is 48.7 Å². The topological polar surface area (TPSA) is 65.2 Å². The van der Waals surface area contributed by atoms with Gasteiger partial charge in [-0.25, -0.2) is 8.42 Å². The smallest absolute Gasteiger partial charge is 0.262 e. The average molecular weight is 418 g/mol. The van der Waals surface area contributed by atoms with Crippen LogP contribution in [0.4, 0.5) is 5.69 Å². The van der Waals surface area contributed by atoms with E-state index in [4.69, 9.17) is 0 Å². The Morgan fingerprint density at radius 1 is 1.00 bits per heavy atom. The van der Waals surface area contributed by atoms with Crippen LogP contribution in [0.5, 0.6) is 0 Å². The van der Waals surface area contributed by atoms with Gasteiger partial charge in [-0.3, -0.25) is 4.72 Å². The predicted octanol–water partition coefficient (Wildman–Crippen LogP) is 4.84. The molecule has 5 rings (SSSR count). The number of aromatic nitrogens is 1. The summed E-state index contributed by atoms with van der Waals surface area (Å²) >= 11 is 0. The minimum absolute atomic E-state index is 0.285. The molecule has 152 valence electrons. The molecule has 4 aromatic rings. The van der Waals surface area contributed by atoms with E-state index in [1.165, 1.54) is 5.57 Å². The minimum atomic E-state index is -3.72. The van der Waals surface area contributed by atoms with Gasteiger partial charge in [0.25, 0.3) is 10.0 Å². The van der Waals surface area contributed by atoms with Crippen LogP contribution in [-0.4, -0.2) is 38.4 Å². The Bertz CT molecular complexity index is 1380. The van der Waals surface area contributed by atoms with Crippen LogP contribution in [0.15, 0.2) is 77.8 Å². The fourth-order valence-corrected chi connectivity index (χ4v) is 5.39. The normalized spacial score (nSPS) is 15.4. The van der Waals surface area contributed by atoms with Crippen LogP contribution in [0.1, 0.15) is 12.0 Å². The maximum Gasteiger partial charge on any atom is 0.262 e. The number of nitrogens with zero attached hydrogens (tertiary/aromatic N) is 1. The molecule has 30 heavy (non-hydrogen) atoms. The number of aromatic amines is 1. The Hall–Kier alpha value is -3.09. The number of sulfonamides is 1. The summed E-state index contributed by atoms with van der Waals surface area (Å²) < 4.78 is 29.1. The Balaban J connectivity index is 1.53. The molecule has 0 saturated carbocycles. The van der Waals surface area contributed by atoms with E-state index in [1.807, 2.05) is 48.7 Å². The number of hydrogen-bond donors (Lipinski definition) is 2. The summed E-state index contributed by atoms with van der Waals surface area (Å²) in [7, 11) is -1.60. The summed E-state index contributed by atoms with van der Waals surface area (Å²) in [4.78, 5) is 5.88. The molecule has 1 aliphatic heterocycles. The van der Waals surface area contributed by atoms with Gasteiger partial charge in [-0.1, -0.05) is 42.5 Å². The maximum atomic E-state index is 13.2. The molecular formula is C24H23N3O2S. The first-order valence-electron chi connectivity index (χ1n) is 10.0. The largest absolute Gasteiger partial charge is 0.361 e. The van der Waals surface area contributed by atoms with E-state index >= 15 is 0 Å². The van der Waals surface area contributed by atoms with Gasteiger partial charge in [0.1, 0.15) is 0 Å². The van der Waals surface area contributed by atoms with Gasteiger partial charge in [-0.15, -0.1) is 0 Å². The van der Waals surface area contributed by atoms with Crippen molar-refractivity contribution in [2.45, 2.75) is 11.3 Å². The number of anilines is 1. The van der Waals surface area contributed by atoms with Crippen LogP contribution in [0.2, 0.25) is 0 Å². The van der Waals surface area contributed by atoms with Crippen LogP contribution < -0.4 is 4.72 Å². The van der Waals surface area contributed by atoms with Crippen molar-refractivity contribution in [2.75, 3.05) is 24.9 Å². The van der Waals surface area contributed by atoms with Gasteiger partial charge in [0, 0.05) is 46.8 Å². The van der Waals surface area contributed by atoms with Crippen molar-refractivity contribution >= 4 is 43.0 Å². The highest BCUT2D eigenvalue weighted by Gasteiger charge is 2.19. The summed E-state index contributed by atoms with van der Waals surface area (Å²) in [5.41, 5.74) is 4.00. The highest BCUT2D eigenvalue weighted by Crippen LogP contribution is 2.32. The standard InChI is InChI=1S/C24H23N3O2S/c1-27-13-11-18(12-14-27)22-16-25-23-10-9-19(15-21(22)23)26-30(28,29)24-8-4-6-17-5-2-3-7-20(17)24/h2-11,15-16,25-26H,12-14H2,1H3. The lowest BCUT2D eigenvalue weighted by Crippen LogP contribution is -2.23. The van der Waals surface area contributed by atoms with Gasteiger partial charge in [0.2, 0.25) is 0 Å². The average Bonchev–Trinajstić information content (AvgIpc) is 3.17. The molecule has 0 saturated heterocycles. The van der Waals surface area contributed by atoms with Crippen molar-refractivity contribution in [1.82, 2.24) is 9.88 Å². The molecule has 0 amide bonds. The van der Waals surface area contributed by atoms with Crippen molar-refractivity contribution < 1.29 is 8.42 Å². The van der Waals surface area contributed by atoms with Crippen molar-refractivity contribution in [3.05, 3.63) is 78.5 Å². The fourth-order valence-electron chi connectivity index (χ4n) is 4.11. The second-order valence-corrected chi connectivity index (χ2v) is 9.44. The first-order chi connectivity index (χ1) is 14.5. The third-order valence-electron chi connectivity index (χ3n) is 5.73. The second-order valence-electron chi connectivity index (χ2n) is 7.79. The molecule has 0 bridgehead atoms. The lowest BCUT2D eigenvalue weighted by molar-refractivity contribution is 0.370. The van der Waals surface area contributed by atoms with Gasteiger partial charge in [0.15, 0.2) is 0 Å². The molecule has 0 radical (unpaired) electrons. The quantitative estimate of drug-likeness (QED) is 0.499. The van der Waals surface area contributed by atoms with Crippen LogP contribution in [0.25, 0.3) is 27.2 Å². The van der Waals surface area contributed by atoms with Crippen molar-refractivity contribution in [2.24, 2.45) is 0 Å². The lowest BCUT2D eigenvalue weighted by Gasteiger charge is -2.21. The summed E-state index contributed by atoms with van der Waals surface area (Å²) in [6.07, 6.45) is 5.25. The van der Waals surface area contributed by atoms with E-state index in [0.717, 1.165) is 41.4 Å². The summed E-state index contributed by atoms with van der Waals surface area (Å²) in [5, 5.41) is 2.65. The van der Waals surface area contributed by atoms with Gasteiger partial charge in [-0.2, -0.15) is 0 Å². The molecule has 0 unspecified atom stereocenters. The van der Waals surface area contributed by atoms with E-state index in [0.29, 0.717) is 11.1 Å². The third kappa shape index (κ3) is 3.38. The molecule has 1 aliphatic rings. The molecule has 0 spiro atoms. The van der Waals surface area contributed by atoms with Crippen molar-refractivity contribution in [3.8, 4) is 0 Å². The molecule has 0 atom stereocenters. The number of likely N-dealkylation sites (N-methyl/N-ethyl adjacent to an activating group) is 1. The molecule has 3 aromatic carbocycles. The van der Waals surface area contributed by atoms with Crippen LogP contribution in [0.3, 0.4) is 0 Å². The van der Waals surface area contributed by atoms with E-state index in [9.17, 15) is 8.42 Å². The number of H-pyrrole nitrogens is 1. The molecule has 2 N–H and O–H groups in total. The third-order valence-corrected chi connectivity index (χ3v) is 7.17. The molecule has 0 fully saturated rings. The van der Waals surface area contributed by atoms with E-state index in [2.05, 4.69) is 27.7 Å². The number of benzene rings is 3. The fraction of sp³-hybridized carbons (Fsp3) is 0.167. The van der Waals surface area contributed by atoms with Crippen LogP contribution >= 0.6 is 0 Å². The zero-order valence-electron chi connectivity index (χ0n) is 16.7. The van der Waals surface area contributed by atoms with Crippen LogP contribution in [-0.2, 0) is 10.0 Å². The summed E-state index contributed by atoms with van der Waals surface area (Å²) in [5.74, 6) is 0. The molecular weight excluding hydrogens is 394 g/mol. The molecule has 5 nitrogen and oxygen atoms in total. The molecule has 2 heterocycles. The maximum absolute atomic E-state index is 13.2. The Labute approximate surface area is 176 Å². The van der Waals surface area contributed by atoms with Crippen molar-refractivity contribution in [3.63, 3.8) is 0 Å². The van der Waals surface area contributed by atoms with E-state index in [1.54, 1.807) is 18.2 Å². The van der Waals surface area contributed by atoms with E-state index < -0.39 is 10.0 Å². The Morgan fingerprint density at radius 2 is 1.83 bits per heavy atom. The Kier molecular flexibility index (Phi) is 4.60. The predicted molar refractivity (Wildman–Crippen MR) is 123 cm³/mol. The number of hydrogen-bond acceptors (Lipinski definition) is 3.